The van der Waals surface area contributed by atoms with E-state index in [0.29, 0.717) is 28.4 Å². The molecule has 0 bridgehead atoms. The molecular formula is C21H26Cl2N6S. The fourth-order valence-corrected chi connectivity index (χ4v) is 3.85. The van der Waals surface area contributed by atoms with Crippen molar-refractivity contribution in [1.82, 2.24) is 24.9 Å². The van der Waals surface area contributed by atoms with E-state index in [1.54, 1.807) is 4.68 Å². The van der Waals surface area contributed by atoms with Gasteiger partial charge in [0.25, 0.3) is 0 Å². The van der Waals surface area contributed by atoms with Crippen molar-refractivity contribution in [1.29, 1.82) is 0 Å². The molecule has 0 amide bonds. The standard InChI is InChI=1S/C21H26Cl2N6S/c1-13-8-5-6-9-17(13)12-29-16(4)19(15(3)27-29)25-21(30)24-10-7-11-28-20(23)18(22)14(2)26-28/h5-6,8-9H,7,10-12H2,1-4H3,(H2,24,25,30). The average molecular weight is 465 g/mol. The zero-order valence-electron chi connectivity index (χ0n) is 17.6. The Hall–Kier alpha value is -2.09. The van der Waals surface area contributed by atoms with Gasteiger partial charge in [0.2, 0.25) is 0 Å². The summed E-state index contributed by atoms with van der Waals surface area (Å²) in [5, 5.41) is 17.1. The van der Waals surface area contributed by atoms with Gasteiger partial charge in [0, 0.05) is 13.1 Å². The molecule has 0 spiro atoms. The van der Waals surface area contributed by atoms with Crippen LogP contribution in [0.15, 0.2) is 24.3 Å². The van der Waals surface area contributed by atoms with Gasteiger partial charge in [0.15, 0.2) is 5.11 Å². The quantitative estimate of drug-likeness (QED) is 0.378. The SMILES string of the molecule is Cc1ccccc1Cn1nc(C)c(NC(=S)NCCCn2nc(C)c(Cl)c2Cl)c1C. The Morgan fingerprint density at radius 2 is 1.73 bits per heavy atom. The first kappa shape index (κ1) is 22.6. The number of anilines is 1. The van der Waals surface area contributed by atoms with E-state index in [1.165, 1.54) is 11.1 Å². The number of rotatable bonds is 7. The van der Waals surface area contributed by atoms with E-state index >= 15 is 0 Å². The van der Waals surface area contributed by atoms with Crippen LogP contribution in [0.4, 0.5) is 5.69 Å². The Kier molecular flexibility index (Phi) is 7.39. The Bertz CT molecular complexity index is 1060. The molecule has 0 saturated carbocycles. The molecule has 0 atom stereocenters. The molecule has 0 saturated heterocycles. The number of hydrogen-bond acceptors (Lipinski definition) is 3. The third kappa shape index (κ3) is 5.14. The maximum atomic E-state index is 6.17. The van der Waals surface area contributed by atoms with E-state index < -0.39 is 0 Å². The predicted molar refractivity (Wildman–Crippen MR) is 128 cm³/mol. The number of aromatic nitrogens is 4. The molecule has 0 aliphatic carbocycles. The molecule has 3 rings (SSSR count). The van der Waals surface area contributed by atoms with Gasteiger partial charge in [-0.2, -0.15) is 10.2 Å². The van der Waals surface area contributed by atoms with Gasteiger partial charge < -0.3 is 10.6 Å². The predicted octanol–water partition coefficient (Wildman–Crippen LogP) is 5.05. The number of halogens is 2. The zero-order chi connectivity index (χ0) is 21.8. The first-order chi connectivity index (χ1) is 14.3. The van der Waals surface area contributed by atoms with Crippen molar-refractivity contribution in [3.63, 3.8) is 0 Å². The van der Waals surface area contributed by atoms with Crippen molar-refractivity contribution in [2.75, 3.05) is 11.9 Å². The van der Waals surface area contributed by atoms with Crippen molar-refractivity contribution < 1.29 is 0 Å². The average Bonchev–Trinajstić information content (AvgIpc) is 3.11. The molecule has 9 heteroatoms. The number of nitrogens with zero attached hydrogens (tertiary/aromatic N) is 4. The van der Waals surface area contributed by atoms with Crippen LogP contribution in [0.25, 0.3) is 0 Å². The van der Waals surface area contributed by atoms with E-state index in [1.807, 2.05) is 24.6 Å². The summed E-state index contributed by atoms with van der Waals surface area (Å²) < 4.78 is 3.72. The molecule has 2 N–H and O–H groups in total. The van der Waals surface area contributed by atoms with Crippen LogP contribution in [0, 0.1) is 27.7 Å². The van der Waals surface area contributed by atoms with Crippen LogP contribution in [0.2, 0.25) is 10.2 Å². The third-order valence-electron chi connectivity index (χ3n) is 5.03. The summed E-state index contributed by atoms with van der Waals surface area (Å²) in [6.07, 6.45) is 0.809. The first-order valence-electron chi connectivity index (χ1n) is 9.79. The van der Waals surface area contributed by atoms with Crippen LogP contribution in [-0.2, 0) is 13.1 Å². The number of thiocarbonyl (C=S) groups is 1. The van der Waals surface area contributed by atoms with Gasteiger partial charge >= 0.3 is 0 Å². The highest BCUT2D eigenvalue weighted by atomic mass is 35.5. The van der Waals surface area contributed by atoms with Crippen LogP contribution in [0.5, 0.6) is 0 Å². The zero-order valence-corrected chi connectivity index (χ0v) is 19.9. The molecule has 160 valence electrons. The molecule has 30 heavy (non-hydrogen) atoms. The van der Waals surface area contributed by atoms with Crippen molar-refractivity contribution >= 4 is 46.2 Å². The maximum absolute atomic E-state index is 6.17. The number of aryl methyl sites for hydroxylation is 4. The van der Waals surface area contributed by atoms with Crippen LogP contribution in [-0.4, -0.2) is 31.2 Å². The van der Waals surface area contributed by atoms with Crippen LogP contribution in [0.1, 0.15) is 34.6 Å². The lowest BCUT2D eigenvalue weighted by Gasteiger charge is -2.12. The molecule has 0 fully saturated rings. The second kappa shape index (κ2) is 9.81. The van der Waals surface area contributed by atoms with Crippen molar-refractivity contribution in [3.05, 3.63) is 62.6 Å². The molecule has 0 unspecified atom stereocenters. The lowest BCUT2D eigenvalue weighted by Crippen LogP contribution is -2.30. The van der Waals surface area contributed by atoms with E-state index in [4.69, 9.17) is 35.4 Å². The fraction of sp³-hybridized carbons (Fsp3) is 0.381. The smallest absolute Gasteiger partial charge is 0.170 e. The van der Waals surface area contributed by atoms with Gasteiger partial charge in [-0.1, -0.05) is 47.5 Å². The lowest BCUT2D eigenvalue weighted by atomic mass is 10.1. The molecule has 2 heterocycles. The van der Waals surface area contributed by atoms with Crippen LogP contribution < -0.4 is 10.6 Å². The van der Waals surface area contributed by atoms with Crippen molar-refractivity contribution in [3.8, 4) is 0 Å². The van der Waals surface area contributed by atoms with E-state index in [-0.39, 0.29) is 0 Å². The highest BCUT2D eigenvalue weighted by molar-refractivity contribution is 7.80. The normalized spacial score (nSPS) is 11.0. The number of benzene rings is 1. The molecule has 1 aromatic carbocycles. The van der Waals surface area contributed by atoms with Gasteiger partial charge in [-0.15, -0.1) is 0 Å². The minimum atomic E-state index is 0.474. The number of hydrogen-bond donors (Lipinski definition) is 2. The maximum Gasteiger partial charge on any atom is 0.170 e. The van der Waals surface area contributed by atoms with Crippen molar-refractivity contribution in [2.24, 2.45) is 0 Å². The van der Waals surface area contributed by atoms with Gasteiger partial charge in [-0.3, -0.25) is 9.36 Å². The summed E-state index contributed by atoms with van der Waals surface area (Å²) in [5.41, 5.74) is 6.15. The first-order valence-corrected chi connectivity index (χ1v) is 11.0. The summed E-state index contributed by atoms with van der Waals surface area (Å²) in [6, 6.07) is 8.35. The Balaban J connectivity index is 1.54. The van der Waals surface area contributed by atoms with Gasteiger partial charge in [-0.05, 0) is 57.5 Å². The van der Waals surface area contributed by atoms with E-state index in [0.717, 1.165) is 35.7 Å². The monoisotopic (exact) mass is 464 g/mol. The Morgan fingerprint density at radius 3 is 2.40 bits per heavy atom. The molecule has 0 radical (unpaired) electrons. The van der Waals surface area contributed by atoms with Crippen molar-refractivity contribution in [2.45, 2.75) is 47.2 Å². The van der Waals surface area contributed by atoms with Gasteiger partial charge in [0.05, 0.1) is 29.3 Å². The fourth-order valence-electron chi connectivity index (χ4n) is 3.25. The highest BCUT2D eigenvalue weighted by Crippen LogP contribution is 2.25. The van der Waals surface area contributed by atoms with Crippen LogP contribution >= 0.6 is 35.4 Å². The second-order valence-electron chi connectivity index (χ2n) is 7.28. The van der Waals surface area contributed by atoms with Gasteiger partial charge in [0.1, 0.15) is 10.2 Å². The molecular weight excluding hydrogens is 439 g/mol. The largest absolute Gasteiger partial charge is 0.362 e. The van der Waals surface area contributed by atoms with Gasteiger partial charge in [-0.25, -0.2) is 0 Å². The topological polar surface area (TPSA) is 59.7 Å². The van der Waals surface area contributed by atoms with E-state index in [2.05, 4.69) is 52.9 Å². The second-order valence-corrected chi connectivity index (χ2v) is 8.42. The lowest BCUT2D eigenvalue weighted by molar-refractivity contribution is 0.571. The third-order valence-corrected chi connectivity index (χ3v) is 6.21. The highest BCUT2D eigenvalue weighted by Gasteiger charge is 2.14. The van der Waals surface area contributed by atoms with Crippen LogP contribution in [0.3, 0.4) is 0 Å². The summed E-state index contributed by atoms with van der Waals surface area (Å²) in [4.78, 5) is 0. The summed E-state index contributed by atoms with van der Waals surface area (Å²) in [7, 11) is 0. The Labute approximate surface area is 192 Å². The molecule has 0 aliphatic rings. The summed E-state index contributed by atoms with van der Waals surface area (Å²) >= 11 is 17.7. The van der Waals surface area contributed by atoms with E-state index in [9.17, 15) is 0 Å². The Morgan fingerprint density at radius 1 is 1.03 bits per heavy atom. The molecule has 3 aromatic rings. The summed E-state index contributed by atoms with van der Waals surface area (Å²) in [5.74, 6) is 0. The number of nitrogens with one attached hydrogen (secondary N) is 2. The molecule has 2 aromatic heterocycles. The summed E-state index contributed by atoms with van der Waals surface area (Å²) in [6.45, 7) is 10.1. The molecule has 6 nitrogen and oxygen atoms in total. The molecule has 0 aliphatic heterocycles. The minimum Gasteiger partial charge on any atom is -0.362 e. The minimum absolute atomic E-state index is 0.474.